The van der Waals surface area contributed by atoms with Crippen molar-refractivity contribution in [3.8, 4) is 5.75 Å². The summed E-state index contributed by atoms with van der Waals surface area (Å²) in [7, 11) is 0. The van der Waals surface area contributed by atoms with Crippen LogP contribution in [0.3, 0.4) is 0 Å². The first-order valence-electron chi connectivity index (χ1n) is 14.6. The summed E-state index contributed by atoms with van der Waals surface area (Å²) in [5, 5.41) is 16.2. The lowest BCUT2D eigenvalue weighted by molar-refractivity contribution is -0.274. The van der Waals surface area contributed by atoms with Crippen molar-refractivity contribution in [2.24, 2.45) is 0 Å². The summed E-state index contributed by atoms with van der Waals surface area (Å²) >= 11 is 0. The lowest BCUT2D eigenvalue weighted by atomic mass is 10.00. The minimum atomic E-state index is -4.94. The second-order valence-corrected chi connectivity index (χ2v) is 10.5. The molecule has 12 heteroatoms. The number of nitrogens with one attached hydrogen (secondary N) is 2. The van der Waals surface area contributed by atoms with Crippen molar-refractivity contribution in [1.82, 2.24) is 10.6 Å². The van der Waals surface area contributed by atoms with E-state index in [9.17, 15) is 32.7 Å². The summed E-state index contributed by atoms with van der Waals surface area (Å²) in [4.78, 5) is 39.4. The number of aliphatic hydroxyl groups is 1. The first-order valence-corrected chi connectivity index (χ1v) is 14.6. The number of hydrogen-bond donors (Lipinski definition) is 3. The van der Waals surface area contributed by atoms with Crippen LogP contribution >= 0.6 is 0 Å². The molecule has 0 saturated heterocycles. The van der Waals surface area contributed by atoms with Crippen LogP contribution in [0.15, 0.2) is 115 Å². The number of esters is 1. The molecule has 0 aliphatic heterocycles. The molecule has 0 aliphatic rings. The molecule has 2 amide bonds. The van der Waals surface area contributed by atoms with Gasteiger partial charge in [-0.15, -0.1) is 13.2 Å². The number of ether oxygens (including phenoxy) is 3. The Labute approximate surface area is 269 Å². The third-order valence-electron chi connectivity index (χ3n) is 6.86. The molecular formula is C35H33F3N2O7. The Morgan fingerprint density at radius 1 is 0.660 bits per heavy atom. The highest BCUT2D eigenvalue weighted by Crippen LogP contribution is 2.24. The van der Waals surface area contributed by atoms with Crippen molar-refractivity contribution in [3.63, 3.8) is 0 Å². The predicted octanol–water partition coefficient (Wildman–Crippen LogP) is 5.25. The van der Waals surface area contributed by atoms with Gasteiger partial charge in [-0.2, -0.15) is 0 Å². The first-order chi connectivity index (χ1) is 22.6. The number of alkyl halides is 3. The van der Waals surface area contributed by atoms with E-state index in [0.29, 0.717) is 11.1 Å². The Balaban J connectivity index is 1.50. The number of carbonyl (C=O) groups is 3. The van der Waals surface area contributed by atoms with Gasteiger partial charge in [0.1, 0.15) is 25.0 Å². The third-order valence-corrected chi connectivity index (χ3v) is 6.86. The fourth-order valence-electron chi connectivity index (χ4n) is 4.59. The Morgan fingerprint density at radius 2 is 1.19 bits per heavy atom. The van der Waals surface area contributed by atoms with E-state index in [1.54, 1.807) is 84.9 Å². The van der Waals surface area contributed by atoms with Crippen LogP contribution in [0.4, 0.5) is 18.0 Å². The maximum Gasteiger partial charge on any atom is 0.573 e. The monoisotopic (exact) mass is 650 g/mol. The molecule has 0 radical (unpaired) electrons. The molecule has 4 aromatic rings. The third kappa shape index (κ3) is 11.8. The number of benzene rings is 4. The van der Waals surface area contributed by atoms with Gasteiger partial charge in [-0.3, -0.25) is 4.79 Å². The summed E-state index contributed by atoms with van der Waals surface area (Å²) in [6.07, 6.45) is -7.97. The normalized spacial score (nSPS) is 13.0. The Hall–Kier alpha value is -5.36. The zero-order chi connectivity index (χ0) is 33.6. The van der Waals surface area contributed by atoms with Crippen LogP contribution in [-0.4, -0.2) is 47.6 Å². The van der Waals surface area contributed by atoms with Crippen LogP contribution in [0.5, 0.6) is 5.75 Å². The lowest BCUT2D eigenvalue weighted by Crippen LogP contribution is -2.55. The van der Waals surface area contributed by atoms with Crippen LogP contribution in [0.25, 0.3) is 0 Å². The number of carbonyl (C=O) groups excluding carboxylic acids is 3. The van der Waals surface area contributed by atoms with Gasteiger partial charge in [-0.25, -0.2) is 9.59 Å². The number of alkyl carbamates (subject to hydrolysis) is 1. The minimum absolute atomic E-state index is 0.0236. The summed E-state index contributed by atoms with van der Waals surface area (Å²) in [6, 6.07) is 28.7. The molecule has 3 N–H and O–H groups in total. The molecule has 4 rings (SSSR count). The van der Waals surface area contributed by atoms with Crippen molar-refractivity contribution in [1.29, 1.82) is 0 Å². The second-order valence-electron chi connectivity index (χ2n) is 10.5. The molecule has 0 heterocycles. The molecule has 0 spiro atoms. The molecule has 0 fully saturated rings. The predicted molar refractivity (Wildman–Crippen MR) is 165 cm³/mol. The molecule has 3 atom stereocenters. The highest BCUT2D eigenvalue weighted by atomic mass is 19.4. The molecule has 0 bridgehead atoms. The molecule has 0 aliphatic carbocycles. The SMILES string of the molecule is O=C(N[C@H](Cc1ccccc1)[C@H](O)C(=O)N[C@@H](Cc1cccc(OC(F)(F)F)c1)C(=O)OCc1ccccc1)OCc1ccccc1. The smallest absolute Gasteiger partial charge is 0.459 e. The number of rotatable bonds is 14. The van der Waals surface area contributed by atoms with Crippen LogP contribution in [0, 0.1) is 0 Å². The number of aliphatic hydroxyl groups excluding tert-OH is 1. The van der Waals surface area contributed by atoms with Gasteiger partial charge in [0.05, 0.1) is 6.04 Å². The van der Waals surface area contributed by atoms with Crippen LogP contribution in [-0.2, 0) is 45.1 Å². The van der Waals surface area contributed by atoms with Gasteiger partial charge in [0, 0.05) is 6.42 Å². The highest BCUT2D eigenvalue weighted by molar-refractivity contribution is 5.88. The molecular weight excluding hydrogens is 617 g/mol. The molecule has 0 aromatic heterocycles. The van der Waals surface area contributed by atoms with Gasteiger partial charge in [-0.1, -0.05) is 103 Å². The largest absolute Gasteiger partial charge is 0.573 e. The molecule has 9 nitrogen and oxygen atoms in total. The summed E-state index contributed by atoms with van der Waals surface area (Å²) in [5.41, 5.74) is 2.29. The molecule has 0 unspecified atom stereocenters. The van der Waals surface area contributed by atoms with E-state index in [-0.39, 0.29) is 31.6 Å². The summed E-state index contributed by atoms with van der Waals surface area (Å²) < 4.78 is 53.2. The quantitative estimate of drug-likeness (QED) is 0.159. The van der Waals surface area contributed by atoms with Crippen molar-refractivity contribution in [2.45, 2.75) is 50.6 Å². The molecule has 0 saturated carbocycles. The topological polar surface area (TPSA) is 123 Å². The van der Waals surface area contributed by atoms with E-state index in [1.165, 1.54) is 12.1 Å². The average Bonchev–Trinajstić information content (AvgIpc) is 3.06. The van der Waals surface area contributed by atoms with Gasteiger partial charge in [0.15, 0.2) is 6.10 Å². The van der Waals surface area contributed by atoms with E-state index in [1.807, 2.05) is 6.07 Å². The maximum absolute atomic E-state index is 13.4. The molecule has 246 valence electrons. The Kier molecular flexibility index (Phi) is 12.3. The van der Waals surface area contributed by atoms with Crippen molar-refractivity contribution in [3.05, 3.63) is 138 Å². The standard InChI is InChI=1S/C35H33F3N2O7/c36-35(37,38)47-28-18-10-17-27(19-28)21-30(33(43)45-22-25-13-6-2-7-14-25)39-32(42)31(41)29(20-24-11-4-1-5-12-24)40-34(44)46-23-26-15-8-3-9-16-26/h1-19,29-31,41H,20-23H2,(H,39,42)(H,40,44)/t29-,30+,31+/m1/s1. The minimum Gasteiger partial charge on any atom is -0.459 e. The highest BCUT2D eigenvalue weighted by Gasteiger charge is 2.33. The number of amides is 2. The summed E-state index contributed by atoms with van der Waals surface area (Å²) in [6.45, 7) is -0.198. The Morgan fingerprint density at radius 3 is 1.77 bits per heavy atom. The Bertz CT molecular complexity index is 1590. The van der Waals surface area contributed by atoms with Crippen molar-refractivity contribution in [2.75, 3.05) is 0 Å². The molecule has 47 heavy (non-hydrogen) atoms. The van der Waals surface area contributed by atoms with Gasteiger partial charge < -0.3 is 30.0 Å². The lowest BCUT2D eigenvalue weighted by Gasteiger charge is -2.26. The van der Waals surface area contributed by atoms with Crippen LogP contribution in [0.2, 0.25) is 0 Å². The fourth-order valence-corrected chi connectivity index (χ4v) is 4.59. The summed E-state index contributed by atoms with van der Waals surface area (Å²) in [5.74, 6) is -2.44. The first kappa shape index (κ1) is 34.5. The fraction of sp³-hybridized carbons (Fsp3) is 0.229. The van der Waals surface area contributed by atoms with Crippen molar-refractivity contribution < 1.29 is 46.9 Å². The zero-order valence-corrected chi connectivity index (χ0v) is 25.1. The van der Waals surface area contributed by atoms with E-state index in [0.717, 1.165) is 17.7 Å². The van der Waals surface area contributed by atoms with Crippen molar-refractivity contribution >= 4 is 18.0 Å². The number of halogens is 3. The maximum atomic E-state index is 13.4. The van der Waals surface area contributed by atoms with E-state index < -0.39 is 48.3 Å². The van der Waals surface area contributed by atoms with Gasteiger partial charge in [-0.05, 0) is 40.8 Å². The van der Waals surface area contributed by atoms with E-state index >= 15 is 0 Å². The zero-order valence-electron chi connectivity index (χ0n) is 25.1. The van der Waals surface area contributed by atoms with Gasteiger partial charge in [0.2, 0.25) is 0 Å². The average molecular weight is 651 g/mol. The van der Waals surface area contributed by atoms with E-state index in [2.05, 4.69) is 15.4 Å². The number of hydrogen-bond acceptors (Lipinski definition) is 7. The van der Waals surface area contributed by atoms with E-state index in [4.69, 9.17) is 9.47 Å². The van der Waals surface area contributed by atoms with Crippen LogP contribution in [0.1, 0.15) is 22.3 Å². The molecule has 4 aromatic carbocycles. The van der Waals surface area contributed by atoms with Gasteiger partial charge in [0.25, 0.3) is 5.91 Å². The van der Waals surface area contributed by atoms with Gasteiger partial charge >= 0.3 is 18.4 Å². The second kappa shape index (κ2) is 16.8. The van der Waals surface area contributed by atoms with Crippen LogP contribution < -0.4 is 15.4 Å².